The first kappa shape index (κ1) is 22.7. The molecule has 0 bridgehead atoms. The summed E-state index contributed by atoms with van der Waals surface area (Å²) in [6, 6.07) is 13.6. The lowest BCUT2D eigenvalue weighted by Gasteiger charge is -2.29. The molecule has 0 saturated heterocycles. The molecule has 3 aromatic rings. The predicted molar refractivity (Wildman–Crippen MR) is 117 cm³/mol. The van der Waals surface area contributed by atoms with Crippen LogP contribution in [-0.4, -0.2) is 22.2 Å². The molecule has 0 radical (unpaired) electrons. The van der Waals surface area contributed by atoms with Crippen LogP contribution in [0, 0.1) is 5.41 Å². The molecule has 0 fully saturated rings. The maximum atomic E-state index is 13.2. The first-order valence-corrected chi connectivity index (χ1v) is 10.6. The van der Waals surface area contributed by atoms with Crippen LogP contribution in [0.5, 0.6) is 0 Å². The van der Waals surface area contributed by atoms with Crippen LogP contribution in [0.3, 0.4) is 0 Å². The van der Waals surface area contributed by atoms with Crippen molar-refractivity contribution >= 4 is 57.5 Å². The van der Waals surface area contributed by atoms with Crippen molar-refractivity contribution in [3.63, 3.8) is 0 Å². The molecular formula is C21H17Cl2F3N2OS. The third-order valence-corrected chi connectivity index (χ3v) is 6.43. The van der Waals surface area contributed by atoms with Gasteiger partial charge in [0.1, 0.15) is 0 Å². The zero-order valence-electron chi connectivity index (χ0n) is 15.8. The Bertz CT molecular complexity index is 1050. The number of carbonyl (C=O) groups is 1. The first-order valence-electron chi connectivity index (χ1n) is 8.88. The molecule has 2 aromatic carbocycles. The van der Waals surface area contributed by atoms with Crippen LogP contribution < -0.4 is 5.32 Å². The number of thioether (sulfide) groups is 1. The summed E-state index contributed by atoms with van der Waals surface area (Å²) in [4.78, 5) is 17.5. The van der Waals surface area contributed by atoms with E-state index in [0.717, 1.165) is 5.39 Å². The lowest BCUT2D eigenvalue weighted by molar-refractivity contribution is -0.123. The van der Waals surface area contributed by atoms with Crippen molar-refractivity contribution < 1.29 is 18.0 Å². The van der Waals surface area contributed by atoms with Crippen LogP contribution in [0.1, 0.15) is 12.5 Å². The van der Waals surface area contributed by atoms with Gasteiger partial charge in [-0.1, -0.05) is 47.5 Å². The summed E-state index contributed by atoms with van der Waals surface area (Å²) < 4.78 is 38.9. The van der Waals surface area contributed by atoms with Crippen molar-refractivity contribution in [3.8, 4) is 0 Å². The van der Waals surface area contributed by atoms with Crippen LogP contribution in [0.4, 0.5) is 18.9 Å². The number of aromatic nitrogens is 1. The fraction of sp³-hybridized carbons (Fsp3) is 0.238. The zero-order valence-corrected chi connectivity index (χ0v) is 18.1. The minimum absolute atomic E-state index is 0.0569. The van der Waals surface area contributed by atoms with E-state index in [1.165, 1.54) is 6.92 Å². The van der Waals surface area contributed by atoms with E-state index in [4.69, 9.17) is 23.2 Å². The smallest absolute Gasteiger partial charge is 0.324 e. The van der Waals surface area contributed by atoms with Crippen LogP contribution in [0.2, 0.25) is 10.0 Å². The maximum Gasteiger partial charge on any atom is 0.441 e. The number of benzene rings is 2. The molecular weight excluding hydrogens is 456 g/mol. The van der Waals surface area contributed by atoms with Gasteiger partial charge in [-0.3, -0.25) is 9.78 Å². The summed E-state index contributed by atoms with van der Waals surface area (Å²) in [7, 11) is 0. The van der Waals surface area contributed by atoms with Crippen molar-refractivity contribution in [3.05, 3.63) is 70.3 Å². The Labute approximate surface area is 186 Å². The number of halogens is 5. The largest absolute Gasteiger partial charge is 0.441 e. The van der Waals surface area contributed by atoms with Gasteiger partial charge in [-0.2, -0.15) is 13.2 Å². The highest BCUT2D eigenvalue weighted by atomic mass is 35.5. The van der Waals surface area contributed by atoms with Crippen LogP contribution in [-0.2, 0) is 11.2 Å². The van der Waals surface area contributed by atoms with E-state index in [9.17, 15) is 18.0 Å². The average molecular weight is 473 g/mol. The van der Waals surface area contributed by atoms with E-state index in [1.54, 1.807) is 42.6 Å². The second-order valence-corrected chi connectivity index (χ2v) is 8.86. The Morgan fingerprint density at radius 3 is 2.37 bits per heavy atom. The summed E-state index contributed by atoms with van der Waals surface area (Å²) in [5, 5.41) is 4.15. The number of hydrogen-bond donors (Lipinski definition) is 1. The van der Waals surface area contributed by atoms with Crippen LogP contribution in [0.15, 0.2) is 54.7 Å². The quantitative estimate of drug-likeness (QED) is 0.420. The van der Waals surface area contributed by atoms with Crippen molar-refractivity contribution in [2.24, 2.45) is 5.41 Å². The summed E-state index contributed by atoms with van der Waals surface area (Å²) in [5.74, 6) is -1.07. The molecule has 0 aliphatic heterocycles. The van der Waals surface area contributed by atoms with Crippen molar-refractivity contribution in [1.29, 1.82) is 0 Å². The number of carbonyl (C=O) groups excluding carboxylic acids is 1. The molecule has 1 amide bonds. The number of amides is 1. The minimum Gasteiger partial charge on any atom is -0.324 e. The summed E-state index contributed by atoms with van der Waals surface area (Å²) in [6.45, 7) is 1.47. The fourth-order valence-electron chi connectivity index (χ4n) is 3.01. The minimum atomic E-state index is -4.48. The SMILES string of the molecule is CC(CSC(F)(F)F)(Cc1c(Cl)cccc1Cl)C(=O)Nc1cccc2cccnc12. The molecule has 0 aliphatic carbocycles. The lowest BCUT2D eigenvalue weighted by Crippen LogP contribution is -2.38. The third kappa shape index (κ3) is 5.39. The molecule has 3 nitrogen and oxygen atoms in total. The molecule has 3 rings (SSSR count). The number of anilines is 1. The number of hydrogen-bond acceptors (Lipinski definition) is 3. The van der Waals surface area contributed by atoms with Gasteiger partial charge in [0.05, 0.1) is 16.6 Å². The van der Waals surface area contributed by atoms with E-state index in [1.807, 2.05) is 12.1 Å². The van der Waals surface area contributed by atoms with Gasteiger partial charge in [-0.15, -0.1) is 0 Å². The van der Waals surface area contributed by atoms with E-state index in [-0.39, 0.29) is 18.2 Å². The van der Waals surface area contributed by atoms with E-state index in [0.29, 0.717) is 26.8 Å². The van der Waals surface area contributed by atoms with Gasteiger partial charge in [0.15, 0.2) is 0 Å². The molecule has 1 unspecified atom stereocenters. The second-order valence-electron chi connectivity index (χ2n) is 7.01. The summed E-state index contributed by atoms with van der Waals surface area (Å²) in [6.07, 6.45) is 1.53. The molecule has 0 aliphatic rings. The lowest BCUT2D eigenvalue weighted by atomic mass is 9.84. The fourth-order valence-corrected chi connectivity index (χ4v) is 4.25. The molecule has 1 aromatic heterocycles. The third-order valence-electron chi connectivity index (χ3n) is 4.61. The van der Waals surface area contributed by atoms with Crippen molar-refractivity contribution in [2.45, 2.75) is 18.9 Å². The van der Waals surface area contributed by atoms with Gasteiger partial charge >= 0.3 is 5.51 Å². The van der Waals surface area contributed by atoms with Crippen LogP contribution >= 0.6 is 35.0 Å². The number of fused-ring (bicyclic) bond motifs is 1. The number of alkyl halides is 3. The summed E-state index contributed by atoms with van der Waals surface area (Å²) >= 11 is 12.2. The topological polar surface area (TPSA) is 42.0 Å². The maximum absolute atomic E-state index is 13.2. The second kappa shape index (κ2) is 9.04. The molecule has 0 spiro atoms. The Hall–Kier alpha value is -1.96. The number of nitrogens with zero attached hydrogens (tertiary/aromatic N) is 1. The standard InChI is InChI=1S/C21H17Cl2F3N2OS/c1-20(12-30-21(24,25)26,11-14-15(22)7-3-8-16(14)23)19(29)28-17-9-2-5-13-6-4-10-27-18(13)17/h2-10H,11-12H2,1H3,(H,28,29). The van der Waals surface area contributed by atoms with E-state index >= 15 is 0 Å². The van der Waals surface area contributed by atoms with E-state index < -0.39 is 22.6 Å². The molecule has 1 atom stereocenters. The summed E-state index contributed by atoms with van der Waals surface area (Å²) in [5.41, 5.74) is -4.52. The molecule has 0 saturated carbocycles. The first-order chi connectivity index (χ1) is 14.1. The van der Waals surface area contributed by atoms with Crippen molar-refractivity contribution in [1.82, 2.24) is 4.98 Å². The number of rotatable bonds is 6. The monoisotopic (exact) mass is 472 g/mol. The van der Waals surface area contributed by atoms with Gasteiger partial charge < -0.3 is 5.32 Å². The zero-order chi connectivity index (χ0) is 21.9. The molecule has 9 heteroatoms. The number of para-hydroxylation sites is 1. The Morgan fingerprint density at radius 1 is 1.07 bits per heavy atom. The Morgan fingerprint density at radius 2 is 1.70 bits per heavy atom. The van der Waals surface area contributed by atoms with E-state index in [2.05, 4.69) is 10.3 Å². The Balaban J connectivity index is 1.95. The molecule has 1 N–H and O–H groups in total. The van der Waals surface area contributed by atoms with Crippen molar-refractivity contribution in [2.75, 3.05) is 11.1 Å². The molecule has 158 valence electrons. The Kier molecular flexibility index (Phi) is 6.84. The normalized spacial score (nSPS) is 13.8. The highest BCUT2D eigenvalue weighted by Crippen LogP contribution is 2.40. The van der Waals surface area contributed by atoms with Gasteiger partial charge in [0.25, 0.3) is 0 Å². The number of nitrogens with one attached hydrogen (secondary N) is 1. The van der Waals surface area contributed by atoms with Gasteiger partial charge in [-0.05, 0) is 54.9 Å². The van der Waals surface area contributed by atoms with Gasteiger partial charge in [0, 0.05) is 27.4 Å². The average Bonchev–Trinajstić information content (AvgIpc) is 2.69. The van der Waals surface area contributed by atoms with Gasteiger partial charge in [0.2, 0.25) is 5.91 Å². The van der Waals surface area contributed by atoms with Gasteiger partial charge in [-0.25, -0.2) is 0 Å². The number of pyridine rings is 1. The molecule has 30 heavy (non-hydrogen) atoms. The molecule has 1 heterocycles. The highest BCUT2D eigenvalue weighted by Gasteiger charge is 2.40. The predicted octanol–water partition coefficient (Wildman–Crippen LogP) is 6.98. The van der Waals surface area contributed by atoms with Crippen LogP contribution in [0.25, 0.3) is 10.9 Å². The highest BCUT2D eigenvalue weighted by molar-refractivity contribution is 8.00.